The van der Waals surface area contributed by atoms with Crippen molar-refractivity contribution in [1.82, 2.24) is 0 Å². The van der Waals surface area contributed by atoms with Gasteiger partial charge in [-0.2, -0.15) is 0 Å². The van der Waals surface area contributed by atoms with E-state index < -0.39 is 0 Å². The summed E-state index contributed by atoms with van der Waals surface area (Å²) in [6.07, 6.45) is 8.99. The third-order valence-corrected chi connectivity index (χ3v) is 5.71. The highest BCUT2D eigenvalue weighted by Gasteiger charge is 2.28. The molecule has 1 atom stereocenters. The lowest BCUT2D eigenvalue weighted by Gasteiger charge is -2.24. The van der Waals surface area contributed by atoms with E-state index in [-0.39, 0.29) is 11.9 Å². The highest BCUT2D eigenvalue weighted by atomic mass is 16.2. The maximum Gasteiger partial charge on any atom is 0.287 e. The van der Waals surface area contributed by atoms with Gasteiger partial charge in [-0.05, 0) is 56.7 Å². The number of hydrogen-bond acceptors (Lipinski definition) is 1. The molecule has 0 aliphatic heterocycles. The second-order valence-corrected chi connectivity index (χ2v) is 7.99. The van der Waals surface area contributed by atoms with Gasteiger partial charge in [0.1, 0.15) is 0 Å². The Bertz CT molecular complexity index is 733. The average Bonchev–Trinajstić information content (AvgIpc) is 2.64. The van der Waals surface area contributed by atoms with Crippen molar-refractivity contribution in [3.8, 4) is 0 Å². The molecule has 0 aromatic heterocycles. The summed E-state index contributed by atoms with van der Waals surface area (Å²) in [6.45, 7) is 4.11. The first kappa shape index (κ1) is 19.6. The van der Waals surface area contributed by atoms with E-state index in [1.807, 2.05) is 25.1 Å². The Morgan fingerprint density at radius 3 is 2.33 bits per heavy atom. The van der Waals surface area contributed by atoms with Crippen LogP contribution in [0, 0.1) is 13.8 Å². The van der Waals surface area contributed by atoms with Crippen molar-refractivity contribution in [3.05, 3.63) is 65.2 Å². The normalized spacial score (nSPS) is 17.0. The second kappa shape index (κ2) is 9.70. The van der Waals surface area contributed by atoms with Crippen LogP contribution in [-0.2, 0) is 4.79 Å². The van der Waals surface area contributed by atoms with Crippen LogP contribution in [0.2, 0.25) is 0 Å². The Morgan fingerprint density at radius 2 is 1.63 bits per heavy atom. The minimum Gasteiger partial charge on any atom is -0.330 e. The SMILES string of the molecule is Cc1ccc(C)c(NC(=O)[C@H]([NH2+]C2CCCCCCC2)c2ccccc2)c1. The molecule has 3 N–H and O–H groups in total. The van der Waals surface area contributed by atoms with E-state index in [0.717, 1.165) is 22.4 Å². The molecule has 0 heterocycles. The number of amides is 1. The number of rotatable bonds is 5. The molecule has 1 amide bonds. The predicted octanol–water partition coefficient (Wildman–Crippen LogP) is 4.66. The minimum atomic E-state index is -0.199. The standard InChI is InChI=1S/C24H32N2O/c1-18-15-16-19(2)22(17-18)26-24(27)23(20-11-7-6-8-12-20)25-21-13-9-4-3-5-10-14-21/h6-8,11-12,15-17,21,23,25H,3-5,9-10,13-14H2,1-2H3,(H,26,27)/p+1/t23-/m1/s1. The fourth-order valence-corrected chi connectivity index (χ4v) is 4.04. The molecule has 1 aliphatic carbocycles. The van der Waals surface area contributed by atoms with Gasteiger partial charge in [0.2, 0.25) is 0 Å². The summed E-state index contributed by atoms with van der Waals surface area (Å²) in [5.74, 6) is 0.0805. The van der Waals surface area contributed by atoms with Crippen LogP contribution in [-0.4, -0.2) is 11.9 Å². The van der Waals surface area contributed by atoms with Crippen molar-refractivity contribution < 1.29 is 10.1 Å². The van der Waals surface area contributed by atoms with Gasteiger partial charge in [0.15, 0.2) is 6.04 Å². The van der Waals surface area contributed by atoms with Crippen molar-refractivity contribution in [2.75, 3.05) is 5.32 Å². The largest absolute Gasteiger partial charge is 0.330 e. The molecular weight excluding hydrogens is 332 g/mol. The molecule has 3 heteroatoms. The van der Waals surface area contributed by atoms with Gasteiger partial charge in [-0.25, -0.2) is 0 Å². The van der Waals surface area contributed by atoms with Crippen LogP contribution in [0.25, 0.3) is 0 Å². The molecule has 144 valence electrons. The zero-order chi connectivity index (χ0) is 19.1. The molecule has 0 unspecified atom stereocenters. The van der Waals surface area contributed by atoms with E-state index in [0.29, 0.717) is 6.04 Å². The van der Waals surface area contributed by atoms with Crippen LogP contribution in [0.1, 0.15) is 67.7 Å². The van der Waals surface area contributed by atoms with Crippen molar-refractivity contribution >= 4 is 11.6 Å². The van der Waals surface area contributed by atoms with Gasteiger partial charge in [0, 0.05) is 11.3 Å². The van der Waals surface area contributed by atoms with Gasteiger partial charge in [0.25, 0.3) is 5.91 Å². The van der Waals surface area contributed by atoms with Gasteiger partial charge in [-0.3, -0.25) is 4.79 Å². The number of carbonyl (C=O) groups excluding carboxylic acids is 1. The van der Waals surface area contributed by atoms with Crippen molar-refractivity contribution in [3.63, 3.8) is 0 Å². The average molecular weight is 366 g/mol. The monoisotopic (exact) mass is 365 g/mol. The van der Waals surface area contributed by atoms with E-state index in [2.05, 4.69) is 47.9 Å². The van der Waals surface area contributed by atoms with Gasteiger partial charge in [0.05, 0.1) is 6.04 Å². The summed E-state index contributed by atoms with van der Waals surface area (Å²) in [6, 6.07) is 16.8. The number of aryl methyl sites for hydroxylation is 2. The Hall–Kier alpha value is -2.13. The lowest BCUT2D eigenvalue weighted by atomic mass is 9.95. The first-order chi connectivity index (χ1) is 13.1. The number of nitrogens with one attached hydrogen (secondary N) is 1. The first-order valence-corrected chi connectivity index (χ1v) is 10.4. The Labute approximate surface area is 163 Å². The number of nitrogens with two attached hydrogens (primary N) is 1. The highest BCUT2D eigenvalue weighted by molar-refractivity contribution is 5.95. The maximum absolute atomic E-state index is 13.3. The predicted molar refractivity (Wildman–Crippen MR) is 112 cm³/mol. The smallest absolute Gasteiger partial charge is 0.287 e. The van der Waals surface area contributed by atoms with E-state index in [4.69, 9.17) is 0 Å². The van der Waals surface area contributed by atoms with Crippen molar-refractivity contribution in [2.45, 2.75) is 70.9 Å². The molecule has 1 fully saturated rings. The molecule has 3 nitrogen and oxygen atoms in total. The zero-order valence-electron chi connectivity index (χ0n) is 16.7. The quantitative estimate of drug-likeness (QED) is 0.795. The summed E-state index contributed by atoms with van der Waals surface area (Å²) in [4.78, 5) is 13.3. The van der Waals surface area contributed by atoms with E-state index in [9.17, 15) is 4.79 Å². The van der Waals surface area contributed by atoms with Gasteiger partial charge in [-0.1, -0.05) is 61.7 Å². The van der Waals surface area contributed by atoms with Gasteiger partial charge >= 0.3 is 0 Å². The summed E-state index contributed by atoms with van der Waals surface area (Å²) >= 11 is 0. The third kappa shape index (κ3) is 5.67. The summed E-state index contributed by atoms with van der Waals surface area (Å²) in [5.41, 5.74) is 4.28. The molecular formula is C24H33N2O+. The summed E-state index contributed by atoms with van der Waals surface area (Å²) < 4.78 is 0. The molecule has 0 saturated heterocycles. The molecule has 27 heavy (non-hydrogen) atoms. The maximum atomic E-state index is 13.3. The van der Waals surface area contributed by atoms with Crippen LogP contribution in [0.3, 0.4) is 0 Å². The topological polar surface area (TPSA) is 45.7 Å². The minimum absolute atomic E-state index is 0.0805. The second-order valence-electron chi connectivity index (χ2n) is 7.99. The van der Waals surface area contributed by atoms with Gasteiger partial charge < -0.3 is 10.6 Å². The lowest BCUT2D eigenvalue weighted by molar-refractivity contribution is -0.716. The van der Waals surface area contributed by atoms with Crippen molar-refractivity contribution in [1.29, 1.82) is 0 Å². The third-order valence-electron chi connectivity index (χ3n) is 5.71. The van der Waals surface area contributed by atoms with E-state index >= 15 is 0 Å². The lowest BCUT2D eigenvalue weighted by Crippen LogP contribution is -2.92. The molecule has 3 rings (SSSR count). The molecule has 1 aliphatic rings. The number of anilines is 1. The Balaban J connectivity index is 1.78. The molecule has 0 spiro atoms. The van der Waals surface area contributed by atoms with Crippen LogP contribution < -0.4 is 10.6 Å². The van der Waals surface area contributed by atoms with Crippen LogP contribution >= 0.6 is 0 Å². The number of benzene rings is 2. The van der Waals surface area contributed by atoms with E-state index in [1.165, 1.54) is 44.9 Å². The zero-order valence-corrected chi connectivity index (χ0v) is 16.7. The highest BCUT2D eigenvalue weighted by Crippen LogP contribution is 2.20. The van der Waals surface area contributed by atoms with Crippen LogP contribution in [0.15, 0.2) is 48.5 Å². The Kier molecular flexibility index (Phi) is 7.05. The number of carbonyl (C=O) groups is 1. The van der Waals surface area contributed by atoms with E-state index in [1.54, 1.807) is 0 Å². The summed E-state index contributed by atoms with van der Waals surface area (Å²) in [5, 5.41) is 5.52. The Morgan fingerprint density at radius 1 is 0.963 bits per heavy atom. The number of quaternary nitrogens is 1. The molecule has 0 bridgehead atoms. The van der Waals surface area contributed by atoms with Crippen LogP contribution in [0.5, 0.6) is 0 Å². The fourth-order valence-electron chi connectivity index (χ4n) is 4.04. The first-order valence-electron chi connectivity index (χ1n) is 10.4. The van der Waals surface area contributed by atoms with Crippen LogP contribution in [0.4, 0.5) is 5.69 Å². The van der Waals surface area contributed by atoms with Crippen molar-refractivity contribution in [2.24, 2.45) is 0 Å². The molecule has 2 aromatic rings. The fraction of sp³-hybridized carbons (Fsp3) is 0.458. The number of hydrogen-bond donors (Lipinski definition) is 2. The molecule has 2 aromatic carbocycles. The van der Waals surface area contributed by atoms with Gasteiger partial charge in [-0.15, -0.1) is 0 Å². The summed E-state index contributed by atoms with van der Waals surface area (Å²) in [7, 11) is 0. The molecule has 0 radical (unpaired) electrons. The molecule has 1 saturated carbocycles.